The number of nitrogens with two attached hydrogens (primary N) is 1. The van der Waals surface area contributed by atoms with E-state index in [0.29, 0.717) is 18.9 Å². The minimum atomic E-state index is -0.0131. The first kappa shape index (κ1) is 14.7. The number of nitrogen functional groups attached to an aromatic ring is 1. The number of anilines is 2. The van der Waals surface area contributed by atoms with Gasteiger partial charge in [0.15, 0.2) is 0 Å². The molecule has 1 aromatic carbocycles. The van der Waals surface area contributed by atoms with E-state index >= 15 is 0 Å². The van der Waals surface area contributed by atoms with E-state index in [1.807, 2.05) is 32.2 Å². The Bertz CT molecular complexity index is 746. The molecule has 3 rings (SSSR count). The SMILES string of the molecule is Cc1ccc(N)cc1-c1cc(N2CCOCC2)n(C)c(=O)c1. The predicted octanol–water partition coefficient (Wildman–Crippen LogP) is 1.78. The van der Waals surface area contributed by atoms with Crippen molar-refractivity contribution in [1.29, 1.82) is 0 Å². The van der Waals surface area contributed by atoms with Gasteiger partial charge in [-0.05, 0) is 41.8 Å². The van der Waals surface area contributed by atoms with Crippen molar-refractivity contribution in [3.8, 4) is 11.1 Å². The topological polar surface area (TPSA) is 60.5 Å². The maximum Gasteiger partial charge on any atom is 0.252 e. The average Bonchev–Trinajstić information content (AvgIpc) is 2.53. The summed E-state index contributed by atoms with van der Waals surface area (Å²) in [4.78, 5) is 14.5. The molecular formula is C17H21N3O2. The lowest BCUT2D eigenvalue weighted by atomic mass is 10.0. The highest BCUT2D eigenvalue weighted by Crippen LogP contribution is 2.27. The van der Waals surface area contributed by atoms with Gasteiger partial charge in [0.05, 0.1) is 13.2 Å². The van der Waals surface area contributed by atoms with Crippen LogP contribution in [0.3, 0.4) is 0 Å². The maximum atomic E-state index is 12.3. The fourth-order valence-corrected chi connectivity index (χ4v) is 2.82. The molecule has 1 aliphatic rings. The van der Waals surface area contributed by atoms with E-state index < -0.39 is 0 Å². The minimum absolute atomic E-state index is 0.0131. The molecule has 5 nitrogen and oxygen atoms in total. The van der Waals surface area contributed by atoms with Crippen molar-refractivity contribution in [3.05, 3.63) is 46.2 Å². The summed E-state index contributed by atoms with van der Waals surface area (Å²) in [5.41, 5.74) is 9.62. The van der Waals surface area contributed by atoms with Crippen LogP contribution in [0, 0.1) is 6.92 Å². The Kier molecular flexibility index (Phi) is 3.90. The third-order valence-electron chi connectivity index (χ3n) is 4.15. The smallest absolute Gasteiger partial charge is 0.252 e. The number of hydrogen-bond donors (Lipinski definition) is 1. The van der Waals surface area contributed by atoms with Crippen LogP contribution >= 0.6 is 0 Å². The number of morpholine rings is 1. The van der Waals surface area contributed by atoms with Gasteiger partial charge in [0, 0.05) is 31.9 Å². The number of rotatable bonds is 2. The normalized spacial score (nSPS) is 15.1. The van der Waals surface area contributed by atoms with Crippen LogP contribution in [0.2, 0.25) is 0 Å². The Morgan fingerprint density at radius 2 is 1.86 bits per heavy atom. The molecule has 22 heavy (non-hydrogen) atoms. The fourth-order valence-electron chi connectivity index (χ4n) is 2.82. The molecule has 1 fully saturated rings. The highest BCUT2D eigenvalue weighted by atomic mass is 16.5. The lowest BCUT2D eigenvalue weighted by Gasteiger charge is -2.30. The van der Waals surface area contributed by atoms with Crippen molar-refractivity contribution in [2.45, 2.75) is 6.92 Å². The van der Waals surface area contributed by atoms with Gasteiger partial charge in [0.1, 0.15) is 5.82 Å². The quantitative estimate of drug-likeness (QED) is 0.859. The first-order valence-electron chi connectivity index (χ1n) is 7.46. The van der Waals surface area contributed by atoms with E-state index in [-0.39, 0.29) is 5.56 Å². The van der Waals surface area contributed by atoms with Crippen molar-refractivity contribution >= 4 is 11.5 Å². The summed E-state index contributed by atoms with van der Waals surface area (Å²) >= 11 is 0. The number of benzene rings is 1. The van der Waals surface area contributed by atoms with Crippen LogP contribution in [-0.4, -0.2) is 30.9 Å². The van der Waals surface area contributed by atoms with Crippen LogP contribution in [0.25, 0.3) is 11.1 Å². The van der Waals surface area contributed by atoms with Crippen molar-refractivity contribution in [2.24, 2.45) is 7.05 Å². The second kappa shape index (κ2) is 5.85. The fraction of sp³-hybridized carbons (Fsp3) is 0.353. The Balaban J connectivity index is 2.11. The molecule has 0 bridgehead atoms. The highest BCUT2D eigenvalue weighted by Gasteiger charge is 2.16. The molecule has 0 saturated carbocycles. The van der Waals surface area contributed by atoms with E-state index in [2.05, 4.69) is 11.0 Å². The van der Waals surface area contributed by atoms with E-state index in [1.165, 1.54) is 0 Å². The van der Waals surface area contributed by atoms with Crippen LogP contribution in [0.1, 0.15) is 5.56 Å². The van der Waals surface area contributed by atoms with Crippen LogP contribution in [0.15, 0.2) is 35.1 Å². The standard InChI is InChI=1S/C17H21N3O2/c1-12-3-4-14(18)11-15(12)13-9-16(19(2)17(21)10-13)20-5-7-22-8-6-20/h3-4,9-11H,5-8,18H2,1-2H3. The molecule has 0 amide bonds. The number of aromatic nitrogens is 1. The van der Waals surface area contributed by atoms with E-state index in [9.17, 15) is 4.79 Å². The van der Waals surface area contributed by atoms with E-state index in [0.717, 1.165) is 35.6 Å². The predicted molar refractivity (Wildman–Crippen MR) is 89.3 cm³/mol. The number of pyridine rings is 1. The second-order valence-corrected chi connectivity index (χ2v) is 5.67. The van der Waals surface area contributed by atoms with Gasteiger partial charge in [-0.2, -0.15) is 0 Å². The molecule has 0 spiro atoms. The first-order valence-corrected chi connectivity index (χ1v) is 7.46. The van der Waals surface area contributed by atoms with Crippen LogP contribution in [0.4, 0.5) is 11.5 Å². The van der Waals surface area contributed by atoms with Gasteiger partial charge in [-0.25, -0.2) is 0 Å². The molecule has 0 aliphatic carbocycles. The van der Waals surface area contributed by atoms with Gasteiger partial charge in [0.2, 0.25) is 0 Å². The molecule has 1 saturated heterocycles. The maximum absolute atomic E-state index is 12.3. The molecule has 5 heteroatoms. The zero-order valence-electron chi connectivity index (χ0n) is 13.0. The summed E-state index contributed by atoms with van der Waals surface area (Å²) in [5, 5.41) is 0. The molecule has 1 aromatic heterocycles. The largest absolute Gasteiger partial charge is 0.399 e. The Hall–Kier alpha value is -2.27. The summed E-state index contributed by atoms with van der Waals surface area (Å²) < 4.78 is 7.09. The lowest BCUT2D eigenvalue weighted by Crippen LogP contribution is -2.39. The third-order valence-corrected chi connectivity index (χ3v) is 4.15. The molecule has 0 unspecified atom stereocenters. The van der Waals surface area contributed by atoms with Gasteiger partial charge in [-0.15, -0.1) is 0 Å². The summed E-state index contributed by atoms with van der Waals surface area (Å²) in [7, 11) is 1.81. The Labute approximate surface area is 129 Å². The molecule has 116 valence electrons. The monoisotopic (exact) mass is 299 g/mol. The molecule has 1 aliphatic heterocycles. The Morgan fingerprint density at radius 1 is 1.14 bits per heavy atom. The Morgan fingerprint density at radius 3 is 2.59 bits per heavy atom. The average molecular weight is 299 g/mol. The van der Waals surface area contributed by atoms with Crippen LogP contribution in [-0.2, 0) is 11.8 Å². The number of hydrogen-bond acceptors (Lipinski definition) is 4. The van der Waals surface area contributed by atoms with Crippen molar-refractivity contribution in [2.75, 3.05) is 36.9 Å². The highest BCUT2D eigenvalue weighted by molar-refractivity contribution is 5.73. The van der Waals surface area contributed by atoms with Gasteiger partial charge >= 0.3 is 0 Å². The minimum Gasteiger partial charge on any atom is -0.399 e. The summed E-state index contributed by atoms with van der Waals surface area (Å²) in [6.45, 7) is 5.01. The lowest BCUT2D eigenvalue weighted by molar-refractivity contribution is 0.122. The van der Waals surface area contributed by atoms with E-state index in [1.54, 1.807) is 10.6 Å². The zero-order chi connectivity index (χ0) is 15.7. The van der Waals surface area contributed by atoms with Gasteiger partial charge in [0.25, 0.3) is 5.56 Å². The molecule has 0 radical (unpaired) electrons. The summed E-state index contributed by atoms with van der Waals surface area (Å²) in [5.74, 6) is 0.924. The molecular weight excluding hydrogens is 278 g/mol. The third kappa shape index (κ3) is 2.72. The molecule has 2 heterocycles. The summed E-state index contributed by atoms with van der Waals surface area (Å²) in [6, 6.07) is 9.52. The number of nitrogens with zero attached hydrogens (tertiary/aromatic N) is 2. The first-order chi connectivity index (χ1) is 10.6. The zero-order valence-corrected chi connectivity index (χ0v) is 13.0. The molecule has 2 N–H and O–H groups in total. The van der Waals surface area contributed by atoms with Crippen LogP contribution < -0.4 is 16.2 Å². The van der Waals surface area contributed by atoms with Gasteiger partial charge in [-0.3, -0.25) is 9.36 Å². The van der Waals surface area contributed by atoms with E-state index in [4.69, 9.17) is 10.5 Å². The number of ether oxygens (including phenoxy) is 1. The van der Waals surface area contributed by atoms with Crippen LogP contribution in [0.5, 0.6) is 0 Å². The number of aryl methyl sites for hydroxylation is 1. The van der Waals surface area contributed by atoms with Crippen molar-refractivity contribution in [3.63, 3.8) is 0 Å². The van der Waals surface area contributed by atoms with Gasteiger partial charge < -0.3 is 15.4 Å². The van der Waals surface area contributed by atoms with Crippen molar-refractivity contribution < 1.29 is 4.74 Å². The second-order valence-electron chi connectivity index (χ2n) is 5.67. The molecule has 0 atom stereocenters. The summed E-state index contributed by atoms with van der Waals surface area (Å²) in [6.07, 6.45) is 0. The molecule has 2 aromatic rings. The van der Waals surface area contributed by atoms with Crippen molar-refractivity contribution in [1.82, 2.24) is 4.57 Å². The van der Waals surface area contributed by atoms with Gasteiger partial charge in [-0.1, -0.05) is 6.07 Å².